The number of carbonyl (C=O) groups is 1. The Hall–Kier alpha value is -2.98. The minimum atomic E-state index is -1.03. The Morgan fingerprint density at radius 2 is 1.50 bits per heavy atom. The fourth-order valence-electron chi connectivity index (χ4n) is 2.70. The number of carboxylic acid groups (broad SMARTS) is 1. The monoisotopic (exact) mass is 425 g/mol. The summed E-state index contributed by atoms with van der Waals surface area (Å²) >= 11 is 0. The van der Waals surface area contributed by atoms with Crippen molar-refractivity contribution in [1.82, 2.24) is 0 Å². The normalized spacial score (nSPS) is 10.0. The molecular weight excluding hydrogens is 408 g/mol. The summed E-state index contributed by atoms with van der Waals surface area (Å²) in [6.45, 7) is 0.229. The van der Waals surface area contributed by atoms with Crippen molar-refractivity contribution in [2.24, 2.45) is 0 Å². The van der Waals surface area contributed by atoms with Crippen LogP contribution in [0.1, 0.15) is 27.0 Å². The molecule has 3 rings (SSSR count). The third-order valence-corrected chi connectivity index (χ3v) is 4.22. The number of benzene rings is 3. The number of hydrogen-bond donors (Lipinski definition) is 3. The van der Waals surface area contributed by atoms with Crippen LogP contribution in [0.2, 0.25) is 0 Å². The average Bonchev–Trinajstić information content (AvgIpc) is 2.67. The number of para-hydroxylation sites is 2. The molecule has 6 heteroatoms. The van der Waals surface area contributed by atoms with Crippen LogP contribution in [0.4, 0.5) is 5.69 Å². The molecule has 0 bridgehead atoms. The maximum absolute atomic E-state index is 11.3. The SMILES string of the molecule is O=C(O)c1ccc([CH-]Cc2ccccc2O)c([N-]Cc2ccccc2O)c1.[Zn+2]. The first kappa shape index (κ1) is 21.3. The molecule has 0 aliphatic carbocycles. The molecule has 0 amide bonds. The number of phenolic OH excluding ortho intramolecular Hbond substituents is 2. The molecule has 0 saturated heterocycles. The van der Waals surface area contributed by atoms with Gasteiger partial charge in [0, 0.05) is 5.56 Å². The largest absolute Gasteiger partial charge is 2.00 e. The van der Waals surface area contributed by atoms with Crippen molar-refractivity contribution >= 4 is 11.7 Å². The molecule has 0 aromatic heterocycles. The molecule has 138 valence electrons. The second-order valence-corrected chi connectivity index (χ2v) is 6.06. The van der Waals surface area contributed by atoms with E-state index < -0.39 is 5.97 Å². The summed E-state index contributed by atoms with van der Waals surface area (Å²) in [6, 6.07) is 18.7. The maximum Gasteiger partial charge on any atom is 2.00 e. The number of carboxylic acids is 1. The van der Waals surface area contributed by atoms with E-state index in [1.165, 1.54) is 12.1 Å². The van der Waals surface area contributed by atoms with Gasteiger partial charge >= 0.3 is 25.4 Å². The van der Waals surface area contributed by atoms with E-state index in [1.54, 1.807) is 36.4 Å². The fourth-order valence-corrected chi connectivity index (χ4v) is 2.70. The van der Waals surface area contributed by atoms with Crippen LogP contribution in [0.5, 0.6) is 11.5 Å². The summed E-state index contributed by atoms with van der Waals surface area (Å²) in [7, 11) is 0. The van der Waals surface area contributed by atoms with E-state index in [1.807, 2.05) is 24.6 Å². The molecule has 0 aliphatic rings. The first-order chi connectivity index (χ1) is 13.0. The van der Waals surface area contributed by atoms with Crippen LogP contribution in [0, 0.1) is 6.42 Å². The zero-order valence-electron chi connectivity index (χ0n) is 15.2. The summed E-state index contributed by atoms with van der Waals surface area (Å²) in [4.78, 5) is 11.3. The molecule has 0 saturated carbocycles. The first-order valence-corrected chi connectivity index (χ1v) is 8.46. The Bertz CT molecular complexity index is 959. The predicted molar refractivity (Wildman–Crippen MR) is 103 cm³/mol. The Labute approximate surface area is 176 Å². The number of aromatic hydroxyl groups is 2. The minimum absolute atomic E-state index is 0. The van der Waals surface area contributed by atoms with Crippen molar-refractivity contribution in [3.8, 4) is 11.5 Å². The molecule has 0 fully saturated rings. The van der Waals surface area contributed by atoms with Crippen LogP contribution in [-0.2, 0) is 32.4 Å². The number of nitrogens with zero attached hydrogens (tertiary/aromatic N) is 1. The van der Waals surface area contributed by atoms with Crippen molar-refractivity contribution in [2.75, 3.05) is 0 Å². The molecule has 0 spiro atoms. The second kappa shape index (κ2) is 9.81. The van der Waals surface area contributed by atoms with Gasteiger partial charge in [-0.3, -0.25) is 5.69 Å². The number of hydrogen-bond acceptors (Lipinski definition) is 3. The van der Waals surface area contributed by atoms with E-state index in [2.05, 4.69) is 5.32 Å². The van der Waals surface area contributed by atoms with Gasteiger partial charge in [-0.1, -0.05) is 42.8 Å². The van der Waals surface area contributed by atoms with Crippen molar-refractivity contribution in [1.29, 1.82) is 0 Å². The van der Waals surface area contributed by atoms with Gasteiger partial charge in [0.2, 0.25) is 0 Å². The third-order valence-electron chi connectivity index (χ3n) is 4.22. The molecule has 0 heterocycles. The van der Waals surface area contributed by atoms with Gasteiger partial charge < -0.3 is 20.6 Å². The maximum atomic E-state index is 11.3. The molecule has 5 nitrogen and oxygen atoms in total. The molecule has 0 aliphatic heterocycles. The van der Waals surface area contributed by atoms with Gasteiger partial charge in [-0.2, -0.15) is 12.5 Å². The Kier molecular flexibility index (Phi) is 7.47. The van der Waals surface area contributed by atoms with Crippen molar-refractivity contribution in [3.63, 3.8) is 0 Å². The van der Waals surface area contributed by atoms with Crippen LogP contribution in [0.3, 0.4) is 0 Å². The fraction of sp³-hybridized carbons (Fsp3) is 0.0909. The molecule has 0 radical (unpaired) electrons. The van der Waals surface area contributed by atoms with Crippen LogP contribution in [0.25, 0.3) is 5.32 Å². The third kappa shape index (κ3) is 5.27. The van der Waals surface area contributed by atoms with Crippen LogP contribution in [-0.4, -0.2) is 21.3 Å². The van der Waals surface area contributed by atoms with Gasteiger partial charge in [-0.15, -0.1) is 18.7 Å². The van der Waals surface area contributed by atoms with Crippen molar-refractivity contribution < 1.29 is 39.6 Å². The first-order valence-electron chi connectivity index (χ1n) is 8.46. The van der Waals surface area contributed by atoms with E-state index in [4.69, 9.17) is 0 Å². The van der Waals surface area contributed by atoms with Crippen molar-refractivity contribution in [2.45, 2.75) is 13.0 Å². The summed E-state index contributed by atoms with van der Waals surface area (Å²) < 4.78 is 0. The summed E-state index contributed by atoms with van der Waals surface area (Å²) in [5.74, 6) is -0.666. The molecular formula is C22H19NO4Zn. The van der Waals surface area contributed by atoms with E-state index in [-0.39, 0.29) is 43.1 Å². The number of rotatable bonds is 7. The summed E-state index contributed by atoms with van der Waals surface area (Å²) in [5, 5.41) is 33.5. The molecule has 0 atom stereocenters. The molecule has 0 unspecified atom stereocenters. The molecule has 3 N–H and O–H groups in total. The standard InChI is InChI=1S/C22H19NO4.Zn/c24-20-7-3-1-5-16(20)11-9-15-10-12-17(22(26)27)13-19(15)23-14-18-6-2-4-8-21(18)25;/h1-10,12-13,24-25H,11,14H2,(H,26,27);/q-2;+2. The summed E-state index contributed by atoms with van der Waals surface area (Å²) in [5.41, 5.74) is 2.86. The predicted octanol–water partition coefficient (Wildman–Crippen LogP) is 4.79. The van der Waals surface area contributed by atoms with Gasteiger partial charge in [0.15, 0.2) is 0 Å². The van der Waals surface area contributed by atoms with Gasteiger partial charge in [-0.05, 0) is 23.3 Å². The van der Waals surface area contributed by atoms with Crippen LogP contribution in [0.15, 0.2) is 66.7 Å². The Balaban J connectivity index is 0.00000280. The Morgan fingerprint density at radius 1 is 0.893 bits per heavy atom. The number of phenols is 2. The van der Waals surface area contributed by atoms with Crippen LogP contribution >= 0.6 is 0 Å². The van der Waals surface area contributed by atoms with Gasteiger partial charge in [0.1, 0.15) is 11.5 Å². The van der Waals surface area contributed by atoms with Crippen molar-refractivity contribution in [3.05, 3.63) is 101 Å². The smallest absolute Gasteiger partial charge is 0.738 e. The zero-order chi connectivity index (χ0) is 19.2. The topological polar surface area (TPSA) is 91.9 Å². The van der Waals surface area contributed by atoms with E-state index >= 15 is 0 Å². The second-order valence-electron chi connectivity index (χ2n) is 6.06. The van der Waals surface area contributed by atoms with E-state index in [9.17, 15) is 20.1 Å². The average molecular weight is 427 g/mol. The van der Waals surface area contributed by atoms with Crippen LogP contribution < -0.4 is 0 Å². The minimum Gasteiger partial charge on any atom is -0.738 e. The van der Waals surface area contributed by atoms with E-state index in [0.717, 1.165) is 11.1 Å². The quantitative estimate of drug-likeness (QED) is 0.374. The molecule has 28 heavy (non-hydrogen) atoms. The number of aromatic carboxylic acids is 1. The Morgan fingerprint density at radius 3 is 2.11 bits per heavy atom. The zero-order valence-corrected chi connectivity index (χ0v) is 18.2. The summed E-state index contributed by atoms with van der Waals surface area (Å²) in [6.07, 6.45) is 2.38. The van der Waals surface area contributed by atoms with Gasteiger partial charge in [0.25, 0.3) is 0 Å². The molecule has 3 aromatic carbocycles. The van der Waals surface area contributed by atoms with Gasteiger partial charge in [0.05, 0.1) is 0 Å². The molecule has 3 aromatic rings. The van der Waals surface area contributed by atoms with Gasteiger partial charge in [-0.25, -0.2) is 10.4 Å². The van der Waals surface area contributed by atoms with E-state index in [0.29, 0.717) is 17.7 Å².